The van der Waals surface area contributed by atoms with Crippen LogP contribution in [0.3, 0.4) is 0 Å². The van der Waals surface area contributed by atoms with E-state index in [1.807, 2.05) is 30.3 Å². The summed E-state index contributed by atoms with van der Waals surface area (Å²) in [5.41, 5.74) is 0.985. The molecule has 2 aliphatic rings. The number of benzene rings is 1. The van der Waals surface area contributed by atoms with Crippen molar-refractivity contribution in [2.45, 2.75) is 38.0 Å². The largest absolute Gasteiger partial charge is 0.445 e. The number of rotatable bonds is 2. The minimum Gasteiger partial charge on any atom is -0.445 e. The predicted octanol–water partition coefficient (Wildman–Crippen LogP) is 2.17. The predicted molar refractivity (Wildman–Crippen MR) is 70.5 cm³/mol. The van der Waals surface area contributed by atoms with Gasteiger partial charge < -0.3 is 14.7 Å². The van der Waals surface area contributed by atoms with E-state index in [0.29, 0.717) is 19.1 Å². The third-order valence-electron chi connectivity index (χ3n) is 4.25. The molecule has 3 atom stereocenters. The lowest BCUT2D eigenvalue weighted by atomic mass is 10.0. The van der Waals surface area contributed by atoms with Crippen LogP contribution in [0.5, 0.6) is 0 Å². The number of fused-ring (bicyclic) bond motifs is 1. The lowest BCUT2D eigenvalue weighted by Gasteiger charge is -2.26. The minimum atomic E-state index is -0.378. The molecule has 4 heteroatoms. The molecule has 1 aromatic rings. The van der Waals surface area contributed by atoms with E-state index in [4.69, 9.17) is 4.74 Å². The Morgan fingerprint density at radius 2 is 2.05 bits per heavy atom. The van der Waals surface area contributed by atoms with E-state index in [1.54, 1.807) is 4.90 Å². The summed E-state index contributed by atoms with van der Waals surface area (Å²) in [5.74, 6) is 0.458. The van der Waals surface area contributed by atoms with Crippen molar-refractivity contribution in [3.05, 3.63) is 35.9 Å². The van der Waals surface area contributed by atoms with Gasteiger partial charge in [0.15, 0.2) is 0 Å². The van der Waals surface area contributed by atoms with Gasteiger partial charge in [-0.3, -0.25) is 0 Å². The molecule has 0 unspecified atom stereocenters. The molecule has 1 saturated carbocycles. The van der Waals surface area contributed by atoms with E-state index in [0.717, 1.165) is 24.8 Å². The molecule has 0 radical (unpaired) electrons. The second kappa shape index (κ2) is 5.21. The summed E-state index contributed by atoms with van der Waals surface area (Å²) in [5, 5.41) is 9.95. The van der Waals surface area contributed by atoms with Crippen LogP contribution in [-0.2, 0) is 11.3 Å². The first-order valence-corrected chi connectivity index (χ1v) is 6.91. The van der Waals surface area contributed by atoms with Crippen molar-refractivity contribution in [1.29, 1.82) is 0 Å². The van der Waals surface area contributed by atoms with Gasteiger partial charge in [0, 0.05) is 6.54 Å². The molecule has 1 aliphatic carbocycles. The van der Waals surface area contributed by atoms with Crippen LogP contribution >= 0.6 is 0 Å². The lowest BCUT2D eigenvalue weighted by Crippen LogP contribution is -2.42. The summed E-state index contributed by atoms with van der Waals surface area (Å²) in [4.78, 5) is 13.8. The first-order chi connectivity index (χ1) is 9.25. The average molecular weight is 261 g/mol. The number of amides is 1. The van der Waals surface area contributed by atoms with Crippen molar-refractivity contribution in [3.63, 3.8) is 0 Å². The molecule has 2 fully saturated rings. The molecule has 0 aromatic heterocycles. The van der Waals surface area contributed by atoms with Crippen LogP contribution in [0.1, 0.15) is 24.8 Å². The number of hydrogen-bond acceptors (Lipinski definition) is 3. The average Bonchev–Trinajstić information content (AvgIpc) is 3.01. The fourth-order valence-electron chi connectivity index (χ4n) is 3.29. The molecule has 1 aliphatic heterocycles. The Hall–Kier alpha value is -1.55. The molecule has 1 saturated heterocycles. The maximum absolute atomic E-state index is 12.1. The Bertz CT molecular complexity index is 448. The maximum Gasteiger partial charge on any atom is 0.410 e. The molecular weight excluding hydrogens is 242 g/mol. The fourth-order valence-corrected chi connectivity index (χ4v) is 3.29. The van der Waals surface area contributed by atoms with Crippen LogP contribution in [0.4, 0.5) is 4.79 Å². The van der Waals surface area contributed by atoms with E-state index < -0.39 is 0 Å². The zero-order valence-corrected chi connectivity index (χ0v) is 10.9. The maximum atomic E-state index is 12.1. The standard InChI is InChI=1S/C15H19NO3/c17-13-7-6-12-8-9-16(14(12)13)15(18)19-10-11-4-2-1-3-5-11/h1-5,12-14,17H,6-10H2/t12-,13-,14+/m1/s1. The van der Waals surface area contributed by atoms with Gasteiger partial charge in [-0.25, -0.2) is 4.79 Å². The van der Waals surface area contributed by atoms with Gasteiger partial charge in [-0.2, -0.15) is 0 Å². The highest BCUT2D eigenvalue weighted by Gasteiger charge is 2.45. The quantitative estimate of drug-likeness (QED) is 0.887. The first kappa shape index (κ1) is 12.5. The van der Waals surface area contributed by atoms with Crippen molar-refractivity contribution in [2.75, 3.05) is 6.54 Å². The number of ether oxygens (including phenoxy) is 1. The van der Waals surface area contributed by atoms with Gasteiger partial charge in [-0.15, -0.1) is 0 Å². The van der Waals surface area contributed by atoms with Gasteiger partial charge in [-0.05, 0) is 30.7 Å². The number of carbonyl (C=O) groups excluding carboxylic acids is 1. The Labute approximate surface area is 113 Å². The smallest absolute Gasteiger partial charge is 0.410 e. The van der Waals surface area contributed by atoms with Gasteiger partial charge >= 0.3 is 6.09 Å². The second-order valence-electron chi connectivity index (χ2n) is 5.42. The summed E-state index contributed by atoms with van der Waals surface area (Å²) in [6.45, 7) is 1.00. The Balaban J connectivity index is 1.59. The third-order valence-corrected chi connectivity index (χ3v) is 4.25. The molecule has 1 amide bonds. The SMILES string of the molecule is O=C(OCc1ccccc1)N1CC[C@H]2CC[C@@H](O)[C@H]21. The van der Waals surface area contributed by atoms with Crippen molar-refractivity contribution in [1.82, 2.24) is 4.90 Å². The fraction of sp³-hybridized carbons (Fsp3) is 0.533. The van der Waals surface area contributed by atoms with E-state index >= 15 is 0 Å². The second-order valence-corrected chi connectivity index (χ2v) is 5.42. The summed E-state index contributed by atoms with van der Waals surface area (Å²) in [6, 6.07) is 9.63. The van der Waals surface area contributed by atoms with Gasteiger partial charge in [-0.1, -0.05) is 30.3 Å². The summed E-state index contributed by atoms with van der Waals surface area (Å²) < 4.78 is 5.34. The summed E-state index contributed by atoms with van der Waals surface area (Å²) in [6.07, 6.45) is 2.14. The Kier molecular flexibility index (Phi) is 3.42. The molecule has 102 valence electrons. The van der Waals surface area contributed by atoms with Crippen molar-refractivity contribution < 1.29 is 14.6 Å². The van der Waals surface area contributed by atoms with Gasteiger partial charge in [0.2, 0.25) is 0 Å². The molecule has 19 heavy (non-hydrogen) atoms. The molecule has 0 bridgehead atoms. The van der Waals surface area contributed by atoms with Gasteiger partial charge in [0.25, 0.3) is 0 Å². The van der Waals surface area contributed by atoms with Crippen LogP contribution in [-0.4, -0.2) is 34.8 Å². The highest BCUT2D eigenvalue weighted by molar-refractivity contribution is 5.68. The number of nitrogens with zero attached hydrogens (tertiary/aromatic N) is 1. The van der Waals surface area contributed by atoms with Gasteiger partial charge in [0.1, 0.15) is 6.61 Å². The monoisotopic (exact) mass is 261 g/mol. The van der Waals surface area contributed by atoms with Crippen LogP contribution in [0.2, 0.25) is 0 Å². The van der Waals surface area contributed by atoms with Gasteiger partial charge in [0.05, 0.1) is 12.1 Å². The molecule has 1 N–H and O–H groups in total. The molecule has 0 spiro atoms. The molecule has 3 rings (SSSR count). The zero-order chi connectivity index (χ0) is 13.2. The van der Waals surface area contributed by atoms with Crippen LogP contribution in [0.15, 0.2) is 30.3 Å². The summed E-state index contributed by atoms with van der Waals surface area (Å²) >= 11 is 0. The molecule has 4 nitrogen and oxygen atoms in total. The number of aliphatic hydroxyl groups is 1. The highest BCUT2D eigenvalue weighted by atomic mass is 16.6. The zero-order valence-electron chi connectivity index (χ0n) is 10.9. The molecule has 1 aromatic carbocycles. The third kappa shape index (κ3) is 2.45. The van der Waals surface area contributed by atoms with E-state index in [9.17, 15) is 9.90 Å². The topological polar surface area (TPSA) is 49.8 Å². The Morgan fingerprint density at radius 1 is 1.26 bits per heavy atom. The van der Waals surface area contributed by atoms with Crippen LogP contribution < -0.4 is 0 Å². The normalized spacial score (nSPS) is 29.3. The number of hydrogen-bond donors (Lipinski definition) is 1. The van der Waals surface area contributed by atoms with Crippen molar-refractivity contribution in [3.8, 4) is 0 Å². The first-order valence-electron chi connectivity index (χ1n) is 6.91. The van der Waals surface area contributed by atoms with Crippen molar-refractivity contribution >= 4 is 6.09 Å². The number of aliphatic hydroxyl groups excluding tert-OH is 1. The van der Waals surface area contributed by atoms with E-state index in [2.05, 4.69) is 0 Å². The number of likely N-dealkylation sites (tertiary alicyclic amines) is 1. The molecule has 1 heterocycles. The minimum absolute atomic E-state index is 0.0247. The molecular formula is C15H19NO3. The summed E-state index contributed by atoms with van der Waals surface area (Å²) in [7, 11) is 0. The van der Waals surface area contributed by atoms with E-state index in [-0.39, 0.29) is 18.2 Å². The van der Waals surface area contributed by atoms with E-state index in [1.165, 1.54) is 0 Å². The van der Waals surface area contributed by atoms with Crippen LogP contribution in [0.25, 0.3) is 0 Å². The lowest BCUT2D eigenvalue weighted by molar-refractivity contribution is 0.0541. The Morgan fingerprint density at radius 3 is 2.84 bits per heavy atom. The highest BCUT2D eigenvalue weighted by Crippen LogP contribution is 2.38. The van der Waals surface area contributed by atoms with Crippen molar-refractivity contribution in [2.24, 2.45) is 5.92 Å². The number of carbonyl (C=O) groups is 1. The van der Waals surface area contributed by atoms with Crippen LogP contribution in [0, 0.1) is 5.92 Å².